The van der Waals surface area contributed by atoms with Crippen LogP contribution < -0.4 is 10.1 Å². The summed E-state index contributed by atoms with van der Waals surface area (Å²) in [5.74, 6) is -0.188. The van der Waals surface area contributed by atoms with Gasteiger partial charge in [0.2, 0.25) is 0 Å². The summed E-state index contributed by atoms with van der Waals surface area (Å²) in [4.78, 5) is 4.15. The van der Waals surface area contributed by atoms with E-state index in [0.717, 1.165) is 28.1 Å². The van der Waals surface area contributed by atoms with Crippen LogP contribution in [0.2, 0.25) is 0 Å². The largest absolute Gasteiger partial charge is 0.494 e. The van der Waals surface area contributed by atoms with Gasteiger partial charge in [-0.2, -0.15) is 5.10 Å². The second-order valence-electron chi connectivity index (χ2n) is 7.49. The third-order valence-corrected chi connectivity index (χ3v) is 5.34. The number of pyridine rings is 1. The molecule has 31 heavy (non-hydrogen) atoms. The third-order valence-electron chi connectivity index (χ3n) is 5.34. The lowest BCUT2D eigenvalue weighted by Gasteiger charge is -2.08. The molecular formula is C25H25FN4O. The Morgan fingerprint density at radius 3 is 2.55 bits per heavy atom. The van der Waals surface area contributed by atoms with Gasteiger partial charge in [-0.3, -0.25) is 4.98 Å². The van der Waals surface area contributed by atoms with Gasteiger partial charge in [-0.05, 0) is 60.9 Å². The number of benzene rings is 2. The molecular weight excluding hydrogens is 391 g/mol. The molecule has 0 saturated carbocycles. The zero-order valence-corrected chi connectivity index (χ0v) is 17.9. The highest BCUT2D eigenvalue weighted by molar-refractivity contribution is 5.64. The molecule has 0 aliphatic carbocycles. The third kappa shape index (κ3) is 4.49. The van der Waals surface area contributed by atoms with E-state index in [4.69, 9.17) is 9.84 Å². The molecule has 158 valence electrons. The first-order chi connectivity index (χ1) is 15.1. The van der Waals surface area contributed by atoms with Crippen molar-refractivity contribution in [2.45, 2.75) is 26.9 Å². The van der Waals surface area contributed by atoms with E-state index >= 15 is 0 Å². The van der Waals surface area contributed by atoms with Crippen LogP contribution in [-0.4, -0.2) is 21.9 Å². The van der Waals surface area contributed by atoms with Crippen LogP contribution in [0.25, 0.3) is 16.9 Å². The number of halogens is 1. The Bertz CT molecular complexity index is 1200. The summed E-state index contributed by atoms with van der Waals surface area (Å²) in [7, 11) is 1.46. The molecule has 0 atom stereocenters. The van der Waals surface area contributed by atoms with Gasteiger partial charge in [0.1, 0.15) is 0 Å². The Hall–Kier alpha value is -3.51. The Kier molecular flexibility index (Phi) is 6.09. The lowest BCUT2D eigenvalue weighted by Crippen LogP contribution is -2.13. The first-order valence-corrected chi connectivity index (χ1v) is 10.2. The fourth-order valence-electron chi connectivity index (χ4n) is 3.57. The van der Waals surface area contributed by atoms with Crippen LogP contribution >= 0.6 is 0 Å². The predicted molar refractivity (Wildman–Crippen MR) is 120 cm³/mol. The Morgan fingerprint density at radius 1 is 1.00 bits per heavy atom. The Balaban J connectivity index is 1.67. The fraction of sp³-hybridized carbons (Fsp3) is 0.200. The number of rotatable bonds is 7. The van der Waals surface area contributed by atoms with E-state index in [2.05, 4.69) is 10.3 Å². The van der Waals surface area contributed by atoms with Crippen LogP contribution in [0.1, 0.15) is 22.3 Å². The molecule has 0 radical (unpaired) electrons. The number of ether oxygens (including phenoxy) is 1. The second kappa shape index (κ2) is 9.10. The smallest absolute Gasteiger partial charge is 0.165 e. The number of hydrogen-bond acceptors (Lipinski definition) is 4. The van der Waals surface area contributed by atoms with Crippen LogP contribution in [0.15, 0.2) is 67.1 Å². The van der Waals surface area contributed by atoms with Gasteiger partial charge in [0.25, 0.3) is 0 Å². The highest BCUT2D eigenvalue weighted by Crippen LogP contribution is 2.28. The minimum atomic E-state index is -0.406. The Morgan fingerprint density at radius 2 is 1.81 bits per heavy atom. The summed E-state index contributed by atoms with van der Waals surface area (Å²) in [6.07, 6.45) is 5.66. The van der Waals surface area contributed by atoms with E-state index in [1.54, 1.807) is 12.3 Å². The predicted octanol–water partition coefficient (Wildman–Crippen LogP) is 4.99. The van der Waals surface area contributed by atoms with E-state index in [0.29, 0.717) is 18.7 Å². The maximum absolute atomic E-state index is 14.4. The number of nitrogens with zero attached hydrogens (tertiary/aromatic N) is 3. The molecule has 0 saturated heterocycles. The average Bonchev–Trinajstić information content (AvgIpc) is 3.19. The SMILES string of the molecule is COc1ccc(-c2nn(-c3ccccc3C)cc2CNCc2ccncc2C)cc1F. The van der Waals surface area contributed by atoms with Crippen LogP contribution in [0, 0.1) is 19.7 Å². The van der Waals surface area contributed by atoms with Crippen molar-refractivity contribution in [3.63, 3.8) is 0 Å². The molecule has 0 aliphatic heterocycles. The molecule has 2 aromatic carbocycles. The van der Waals surface area contributed by atoms with Crippen LogP contribution in [0.3, 0.4) is 0 Å². The van der Waals surface area contributed by atoms with Gasteiger partial charge in [-0.15, -0.1) is 0 Å². The van der Waals surface area contributed by atoms with Crippen LogP contribution in [0.5, 0.6) is 5.75 Å². The minimum absolute atomic E-state index is 0.218. The number of aromatic nitrogens is 3. The number of nitrogens with one attached hydrogen (secondary N) is 1. The highest BCUT2D eigenvalue weighted by Gasteiger charge is 2.15. The van der Waals surface area contributed by atoms with Crippen LogP contribution in [-0.2, 0) is 13.1 Å². The van der Waals surface area contributed by atoms with Crippen molar-refractivity contribution in [2.24, 2.45) is 0 Å². The number of hydrogen-bond donors (Lipinski definition) is 1. The maximum atomic E-state index is 14.4. The summed E-state index contributed by atoms with van der Waals surface area (Å²) in [5, 5.41) is 8.30. The minimum Gasteiger partial charge on any atom is -0.494 e. The van der Waals surface area contributed by atoms with Crippen molar-refractivity contribution in [1.82, 2.24) is 20.1 Å². The number of aryl methyl sites for hydroxylation is 2. The van der Waals surface area contributed by atoms with Crippen molar-refractivity contribution in [2.75, 3.05) is 7.11 Å². The van der Waals surface area contributed by atoms with E-state index in [1.165, 1.54) is 18.7 Å². The monoisotopic (exact) mass is 416 g/mol. The molecule has 2 aromatic heterocycles. The Labute approximate surface area is 181 Å². The van der Waals surface area contributed by atoms with E-state index in [9.17, 15) is 4.39 Å². The van der Waals surface area contributed by atoms with Gasteiger partial charge in [0.05, 0.1) is 18.5 Å². The van der Waals surface area contributed by atoms with Crippen molar-refractivity contribution >= 4 is 0 Å². The molecule has 1 N–H and O–H groups in total. The molecule has 0 bridgehead atoms. The van der Waals surface area contributed by atoms with Crippen molar-refractivity contribution in [3.8, 4) is 22.7 Å². The van der Waals surface area contributed by atoms with Crippen molar-refractivity contribution in [1.29, 1.82) is 0 Å². The molecule has 0 aliphatic rings. The van der Waals surface area contributed by atoms with Gasteiger partial charge in [0, 0.05) is 42.8 Å². The molecule has 5 nitrogen and oxygen atoms in total. The topological polar surface area (TPSA) is 52.0 Å². The highest BCUT2D eigenvalue weighted by atomic mass is 19.1. The van der Waals surface area contributed by atoms with Crippen molar-refractivity contribution in [3.05, 3.63) is 95.2 Å². The standard InChI is InChI=1S/C25H25FN4O/c1-17-6-4-5-7-23(17)30-16-21(15-28-14-20-10-11-27-13-18(20)2)25(29-30)19-8-9-24(31-3)22(26)12-19/h4-13,16,28H,14-15H2,1-3H3. The first-order valence-electron chi connectivity index (χ1n) is 10.2. The molecule has 2 heterocycles. The maximum Gasteiger partial charge on any atom is 0.165 e. The van der Waals surface area contributed by atoms with Crippen molar-refractivity contribution < 1.29 is 9.13 Å². The van der Waals surface area contributed by atoms with Gasteiger partial charge in [-0.25, -0.2) is 9.07 Å². The quantitative estimate of drug-likeness (QED) is 0.461. The van der Waals surface area contributed by atoms with Gasteiger partial charge in [0.15, 0.2) is 11.6 Å². The number of methoxy groups -OCH3 is 1. The first kappa shape index (κ1) is 20.8. The second-order valence-corrected chi connectivity index (χ2v) is 7.49. The zero-order chi connectivity index (χ0) is 21.8. The summed E-state index contributed by atoms with van der Waals surface area (Å²) < 4.78 is 21.3. The fourth-order valence-corrected chi connectivity index (χ4v) is 3.57. The number of para-hydroxylation sites is 1. The average molecular weight is 417 g/mol. The molecule has 4 aromatic rings. The molecule has 0 unspecified atom stereocenters. The van der Waals surface area contributed by atoms with E-state index < -0.39 is 5.82 Å². The summed E-state index contributed by atoms with van der Waals surface area (Å²) in [5.41, 5.74) is 6.88. The molecule has 0 fully saturated rings. The normalized spacial score (nSPS) is 11.0. The van der Waals surface area contributed by atoms with Gasteiger partial charge in [-0.1, -0.05) is 18.2 Å². The lowest BCUT2D eigenvalue weighted by atomic mass is 10.1. The lowest BCUT2D eigenvalue weighted by molar-refractivity contribution is 0.386. The van der Waals surface area contributed by atoms with E-state index in [1.807, 2.05) is 67.3 Å². The molecule has 0 spiro atoms. The molecule has 0 amide bonds. The van der Waals surface area contributed by atoms with Gasteiger partial charge < -0.3 is 10.1 Å². The van der Waals surface area contributed by atoms with Gasteiger partial charge >= 0.3 is 0 Å². The summed E-state index contributed by atoms with van der Waals surface area (Å²) in [6.45, 7) is 5.40. The molecule has 4 rings (SSSR count). The summed E-state index contributed by atoms with van der Waals surface area (Å²) >= 11 is 0. The van der Waals surface area contributed by atoms with E-state index in [-0.39, 0.29) is 5.75 Å². The van der Waals surface area contributed by atoms with Crippen LogP contribution in [0.4, 0.5) is 4.39 Å². The zero-order valence-electron chi connectivity index (χ0n) is 17.9. The summed E-state index contributed by atoms with van der Waals surface area (Å²) in [6, 6.07) is 15.0. The molecule has 6 heteroatoms.